The summed E-state index contributed by atoms with van der Waals surface area (Å²) in [6, 6.07) is 66.3. The number of aliphatic hydroxyl groups excluding tert-OH is 3. The number of aromatic nitrogens is 12. The van der Waals surface area contributed by atoms with Gasteiger partial charge in [-0.05, 0) is 235 Å². The maximum absolute atomic E-state index is 13.0. The second kappa shape index (κ2) is 52.2. The van der Waals surface area contributed by atoms with E-state index in [-0.39, 0.29) is 142 Å². The van der Waals surface area contributed by atoms with Crippen LogP contribution in [-0.4, -0.2) is 175 Å². The number of hydrogen-bond acceptors (Lipinski definition) is 29. The van der Waals surface area contributed by atoms with Crippen molar-refractivity contribution in [2.75, 3.05) is 58.6 Å². The maximum Gasteiger partial charge on any atom is 0.508 e. The normalized spacial score (nSPS) is 15.9. The molecule has 14 heterocycles. The van der Waals surface area contributed by atoms with Crippen molar-refractivity contribution in [3.63, 3.8) is 0 Å². The number of rotatable bonds is 15. The molecule has 23 rings (SSSR count). The number of nitrogens with two attached hydrogens (primary N) is 1. The average Bonchev–Trinajstić information content (AvgIpc) is 1.60. The standard InChI is InChI=1S/C26H20BrN3O4.C20H19NO4.C18H14N4O2.C15H11ClO2.C11H10BrN3O2.C7H5N.C6H5BrN2O2.C5H9NO2.Cl3OP/c27-15-11-22-24(28-12-15)25(31)30-16(9-10-23(30)29-22)13-33-26(32)34-14-21-19-7-3-1-5-17(19)18-6-2-4-8-20(18)21;22-19-10-9-13(21-19)11-24-20(23)25-12-18-16-7-3-1-5-14(16)15-6-2-4-8-17(15)18;23-11-14-6-7-16-21-15-9-12(4-5-13-3-1-2-8-19-13)10-20-17(15)18(24)22(14)16;16-15(17)18-9-14-12-7-3-1-5-10(12)11-6-2-4-8-13(11)14;12-6-3-8-10(13-4-6)11(17)15-7(5-16)1-2-9(15)14-8;1-2-7-5-3-4-6-8-7;7-4-1-5(8)6(9-2-4)11-3-10;7-3-4-1-2-5(8)6-4;1-5(2,3)4/h1-8,11-12,16,21H,9-10,13-14H2;1-8,13,18H,9-12H2,(H,21,22);1-3,8-10,14,23H,6-7,11H2;1-8,14H,9H2;3-4,7,16H,1-2,5H2;1,3-6H;1-3H,8H2;4,7H,1-3H2,(H,6,8);. The minimum absolute atomic E-state index is 0.00105. The predicted molar refractivity (Wildman–Crippen MR) is 576 cm³/mol. The van der Waals surface area contributed by atoms with Gasteiger partial charge in [-0.15, -0.1) is 6.42 Å². The van der Waals surface area contributed by atoms with Gasteiger partial charge in [-0.2, -0.15) is 0 Å². The van der Waals surface area contributed by atoms with E-state index in [1.54, 1.807) is 75.0 Å². The lowest BCUT2D eigenvalue weighted by Crippen LogP contribution is -2.31. The molecule has 42 heteroatoms. The molecule has 15 aromatic rings. The number of carbonyl (C=O) groups is 6. The number of terminal acetylenes is 1. The molecule has 8 aliphatic rings. The largest absolute Gasteiger partial charge is 0.508 e. The first-order valence-electron chi connectivity index (χ1n) is 47.0. The summed E-state index contributed by atoms with van der Waals surface area (Å²) in [6.45, 7) is 1.19. The molecule has 5 atom stereocenters. The summed E-state index contributed by atoms with van der Waals surface area (Å²) < 4.78 is 47.4. The van der Waals surface area contributed by atoms with Gasteiger partial charge in [0, 0.05) is 118 Å². The van der Waals surface area contributed by atoms with E-state index in [0.717, 1.165) is 56.1 Å². The van der Waals surface area contributed by atoms with E-state index in [1.165, 1.54) is 61.8 Å². The molecule has 150 heavy (non-hydrogen) atoms. The molecular weight excluding hydrogens is 2220 g/mol. The number of aliphatic hydroxyl groups is 3. The van der Waals surface area contributed by atoms with Crippen molar-refractivity contribution in [3.8, 4) is 63.4 Å². The van der Waals surface area contributed by atoms with Crippen LogP contribution < -0.4 is 37.8 Å². The fourth-order valence-electron chi connectivity index (χ4n) is 18.2. The highest BCUT2D eigenvalue weighted by Gasteiger charge is 2.36. The van der Waals surface area contributed by atoms with Crippen LogP contribution in [0.5, 0.6) is 5.88 Å². The van der Waals surface area contributed by atoms with Gasteiger partial charge in [0.15, 0.2) is 16.6 Å². The number of amides is 2. The fraction of sp³-hybridized carbons (Fsp3) is 0.241. The van der Waals surface area contributed by atoms with E-state index in [2.05, 4.69) is 232 Å². The first kappa shape index (κ1) is 110. The van der Waals surface area contributed by atoms with Crippen LogP contribution >= 0.6 is 98.3 Å². The second-order valence-electron chi connectivity index (χ2n) is 34.4. The molecular formula is C108H93Br3Cl4N15O19P. The molecule has 5 aliphatic heterocycles. The molecule has 0 saturated carbocycles. The lowest BCUT2D eigenvalue weighted by molar-refractivity contribution is -0.121. The Kier molecular flexibility index (Phi) is 38.3. The van der Waals surface area contributed by atoms with Crippen LogP contribution in [0, 0.1) is 24.2 Å². The van der Waals surface area contributed by atoms with Crippen LogP contribution in [0.4, 0.5) is 20.1 Å². The molecule has 9 aromatic heterocycles. The molecule has 2 fully saturated rings. The number of nitrogens with zero attached hydrogens (tertiary/aromatic N) is 12. The molecule has 0 bridgehead atoms. The van der Waals surface area contributed by atoms with Crippen molar-refractivity contribution < 1.29 is 77.1 Å². The zero-order chi connectivity index (χ0) is 106. The number of fused-ring (bicyclic) bond motifs is 15. The molecule has 5 unspecified atom stereocenters. The quantitative estimate of drug-likeness (QED) is 0.0139. The van der Waals surface area contributed by atoms with Crippen LogP contribution in [0.1, 0.15) is 149 Å². The van der Waals surface area contributed by atoms with E-state index in [9.17, 15) is 57.9 Å². The summed E-state index contributed by atoms with van der Waals surface area (Å²) >= 11 is 28.9. The van der Waals surface area contributed by atoms with E-state index in [4.69, 9.17) is 52.5 Å². The number of halogens is 7. The highest BCUT2D eigenvalue weighted by Crippen LogP contribution is 2.61. The van der Waals surface area contributed by atoms with Crippen LogP contribution in [-0.2, 0) is 61.9 Å². The topological polar surface area (TPSA) is 468 Å². The fourth-order valence-corrected chi connectivity index (χ4v) is 19.3. The van der Waals surface area contributed by atoms with Crippen molar-refractivity contribution in [1.29, 1.82) is 0 Å². The Bertz CT molecular complexity index is 7740. The second-order valence-corrected chi connectivity index (χ2v) is 44.1. The summed E-state index contributed by atoms with van der Waals surface area (Å²) in [5.74, 6) is 10.7. The average molecular weight is 2320 g/mol. The van der Waals surface area contributed by atoms with E-state index in [1.807, 2.05) is 103 Å². The number of ether oxygens (including phenoxy) is 6. The number of nitrogens with one attached hydrogen (secondary N) is 2. The highest BCUT2D eigenvalue weighted by atomic mass is 79.9. The molecule has 2 saturated heterocycles. The molecule has 7 N–H and O–H groups in total. The number of aryl methyl sites for hydroxylation is 3. The van der Waals surface area contributed by atoms with Crippen LogP contribution in [0.25, 0.3) is 66.5 Å². The van der Waals surface area contributed by atoms with Gasteiger partial charge in [0.2, 0.25) is 17.7 Å². The van der Waals surface area contributed by atoms with E-state index >= 15 is 0 Å². The zero-order valence-electron chi connectivity index (χ0n) is 79.5. The third-order valence-corrected chi connectivity index (χ3v) is 26.4. The van der Waals surface area contributed by atoms with E-state index in [0.29, 0.717) is 106 Å². The van der Waals surface area contributed by atoms with Crippen LogP contribution in [0.2, 0.25) is 0 Å². The van der Waals surface area contributed by atoms with Crippen molar-refractivity contribution in [2.45, 2.75) is 112 Å². The number of hydrogen-bond donors (Lipinski definition) is 6. The number of pyridine rings is 6. The van der Waals surface area contributed by atoms with Gasteiger partial charge < -0.3 is 60.1 Å². The van der Waals surface area contributed by atoms with Gasteiger partial charge in [0.1, 0.15) is 61.9 Å². The summed E-state index contributed by atoms with van der Waals surface area (Å²) in [6.07, 6.45) is 19.9. The van der Waals surface area contributed by atoms with Crippen LogP contribution in [0.15, 0.2) is 271 Å². The van der Waals surface area contributed by atoms with Crippen molar-refractivity contribution in [2.24, 2.45) is 0 Å². The van der Waals surface area contributed by atoms with Crippen molar-refractivity contribution in [3.05, 3.63) is 356 Å². The predicted octanol–water partition coefficient (Wildman–Crippen LogP) is 18.6. The number of carbonyl (C=O) groups excluding carboxylic acids is 6. The summed E-state index contributed by atoms with van der Waals surface area (Å²) in [7, 11) is 0. The lowest BCUT2D eigenvalue weighted by atomic mass is 9.98. The molecule has 0 radical (unpaired) electrons. The maximum atomic E-state index is 13.0. The molecule has 34 nitrogen and oxygen atoms in total. The third-order valence-electron chi connectivity index (χ3n) is 25.0. The minimum Gasteiger partial charge on any atom is -0.453 e. The van der Waals surface area contributed by atoms with Gasteiger partial charge in [-0.3, -0.25) is 47.0 Å². The molecule has 3 aliphatic carbocycles. The highest BCUT2D eigenvalue weighted by molar-refractivity contribution is 9.11. The number of anilines is 1. The van der Waals surface area contributed by atoms with Crippen LogP contribution in [0.3, 0.4) is 0 Å². The minimum atomic E-state index is -3.22. The Morgan fingerprint density at radius 3 is 1.15 bits per heavy atom. The number of benzene rings is 6. The Morgan fingerprint density at radius 2 is 0.787 bits per heavy atom. The Morgan fingerprint density at radius 1 is 0.433 bits per heavy atom. The molecule has 0 spiro atoms. The first-order chi connectivity index (χ1) is 72.5. The Labute approximate surface area is 902 Å². The van der Waals surface area contributed by atoms with Gasteiger partial charge in [-0.1, -0.05) is 170 Å². The SMILES string of the molecule is C#Cc1ccccn1.Nc1cc(Br)cnc1OC=O.O=C(Cl)OCC1c2ccccc2-c2ccccc21.O=C(OCC1c2ccccc2-c2ccccc21)OCC1CCc2nc3cc(Br)cnc3c(=O)n21.O=C1CCC(CO)N1.O=C1CCC(COC(=O)OCC2c3ccccc3-c3ccccc32)N1.O=P(Cl)(Cl)Cl.O=c1c2ncc(Br)cc2nc2n1C(CO)CC2.O=c1c2ncc(C#Cc3ccccn3)cc2nc2n1C(CO)CC2. The van der Waals surface area contributed by atoms with Gasteiger partial charge in [-0.25, -0.2) is 59.2 Å². The summed E-state index contributed by atoms with van der Waals surface area (Å²) in [5.41, 5.74) is 23.3. The van der Waals surface area contributed by atoms with Crippen molar-refractivity contribution in [1.82, 2.24) is 69.2 Å². The zero-order valence-corrected chi connectivity index (χ0v) is 88.2. The third kappa shape index (κ3) is 28.0. The Hall–Kier alpha value is -14.3. The first-order valence-corrected chi connectivity index (χ1v) is 54.2. The Balaban J connectivity index is 0.000000132. The van der Waals surface area contributed by atoms with Crippen molar-refractivity contribution >= 4 is 173 Å². The molecule has 6 aromatic carbocycles. The van der Waals surface area contributed by atoms with Gasteiger partial charge >= 0.3 is 22.9 Å². The van der Waals surface area contributed by atoms with E-state index < -0.39 is 22.9 Å². The summed E-state index contributed by atoms with van der Waals surface area (Å²) in [4.78, 5) is 142. The monoisotopic (exact) mass is 2310 g/mol. The van der Waals surface area contributed by atoms with Gasteiger partial charge in [0.05, 0.1) is 72.3 Å². The molecule has 768 valence electrons. The molecule has 2 amide bonds. The van der Waals surface area contributed by atoms with Gasteiger partial charge in [0.25, 0.3) is 23.2 Å². The summed E-state index contributed by atoms with van der Waals surface area (Å²) in [5, 5.41) is 29.3. The smallest absolute Gasteiger partial charge is 0.453 e. The lowest BCUT2D eigenvalue weighted by Gasteiger charge is -2.16. The number of nitrogen functional groups attached to an aromatic ring is 1.